The molecule has 1 amide bonds. The Morgan fingerprint density at radius 1 is 1.06 bits per heavy atom. The van der Waals surface area contributed by atoms with Crippen LogP contribution in [0.2, 0.25) is 0 Å². The molecule has 0 saturated carbocycles. The summed E-state index contributed by atoms with van der Waals surface area (Å²) < 4.78 is 39.5. The highest BCUT2D eigenvalue weighted by Gasteiger charge is 2.30. The summed E-state index contributed by atoms with van der Waals surface area (Å²) in [4.78, 5) is 18.8. The van der Waals surface area contributed by atoms with E-state index < -0.39 is 11.7 Å². The molecule has 2 aromatic heterocycles. The molecule has 0 bridgehead atoms. The lowest BCUT2D eigenvalue weighted by Crippen LogP contribution is -2.23. The van der Waals surface area contributed by atoms with Gasteiger partial charge in [0.15, 0.2) is 5.82 Å². The number of hydrogen-bond acceptors (Lipinski definition) is 4. The number of amides is 1. The topological polar surface area (TPSA) is 63.1 Å². The molecule has 0 unspecified atom stereocenters. The van der Waals surface area contributed by atoms with Crippen molar-refractivity contribution in [2.24, 2.45) is 0 Å². The standard InChI is InChI=1S/C22H22F3N5O/c1-15-19(14-28-30(15)20-9-6-17(13-26-20)22(23,24)25)21(31)27-12-16-4-7-18(8-5-16)29-10-2-3-11-29/h4-9,13-14H,2-3,10-12H2,1H3,(H,27,31). The molecule has 162 valence electrons. The van der Waals surface area contributed by atoms with Crippen LogP contribution in [0.4, 0.5) is 18.9 Å². The quantitative estimate of drug-likeness (QED) is 0.663. The SMILES string of the molecule is Cc1c(C(=O)NCc2ccc(N3CCCC3)cc2)cnn1-c1ccc(C(F)(F)F)cn1. The molecule has 0 radical (unpaired) electrons. The van der Waals surface area contributed by atoms with Gasteiger partial charge in [-0.3, -0.25) is 4.79 Å². The highest BCUT2D eigenvalue weighted by atomic mass is 19.4. The minimum atomic E-state index is -4.46. The maximum Gasteiger partial charge on any atom is 0.417 e. The molecule has 3 aromatic rings. The molecule has 31 heavy (non-hydrogen) atoms. The number of carbonyl (C=O) groups excluding carboxylic acids is 1. The van der Waals surface area contributed by atoms with Gasteiger partial charge in [0.2, 0.25) is 0 Å². The van der Waals surface area contributed by atoms with Crippen molar-refractivity contribution in [3.05, 3.63) is 71.2 Å². The van der Waals surface area contributed by atoms with Gasteiger partial charge in [0, 0.05) is 31.5 Å². The largest absolute Gasteiger partial charge is 0.417 e. The Kier molecular flexibility index (Phi) is 5.67. The van der Waals surface area contributed by atoms with Crippen molar-refractivity contribution >= 4 is 11.6 Å². The van der Waals surface area contributed by atoms with Crippen LogP contribution in [0.5, 0.6) is 0 Å². The van der Waals surface area contributed by atoms with Gasteiger partial charge < -0.3 is 10.2 Å². The summed E-state index contributed by atoms with van der Waals surface area (Å²) in [7, 11) is 0. The Balaban J connectivity index is 1.41. The second kappa shape index (κ2) is 8.41. The second-order valence-corrected chi connectivity index (χ2v) is 7.50. The molecule has 4 rings (SSSR count). The number of rotatable bonds is 5. The van der Waals surface area contributed by atoms with Gasteiger partial charge in [-0.1, -0.05) is 12.1 Å². The molecular weight excluding hydrogens is 407 g/mol. The Hall–Kier alpha value is -3.36. The summed E-state index contributed by atoms with van der Waals surface area (Å²) in [6, 6.07) is 10.3. The zero-order chi connectivity index (χ0) is 22.0. The summed E-state index contributed by atoms with van der Waals surface area (Å²) in [6.45, 7) is 4.19. The second-order valence-electron chi connectivity index (χ2n) is 7.50. The fourth-order valence-corrected chi connectivity index (χ4v) is 3.62. The van der Waals surface area contributed by atoms with E-state index in [4.69, 9.17) is 0 Å². The van der Waals surface area contributed by atoms with Gasteiger partial charge >= 0.3 is 6.18 Å². The average molecular weight is 429 g/mol. The normalized spacial score (nSPS) is 14.1. The summed E-state index contributed by atoms with van der Waals surface area (Å²) in [6.07, 6.45) is 0.116. The van der Waals surface area contributed by atoms with Crippen molar-refractivity contribution in [2.45, 2.75) is 32.5 Å². The molecule has 0 aliphatic carbocycles. The van der Waals surface area contributed by atoms with Crippen molar-refractivity contribution in [3.63, 3.8) is 0 Å². The van der Waals surface area contributed by atoms with E-state index in [0.717, 1.165) is 30.9 Å². The summed E-state index contributed by atoms with van der Waals surface area (Å²) in [5.41, 5.74) is 2.17. The van der Waals surface area contributed by atoms with Crippen LogP contribution < -0.4 is 10.2 Å². The number of benzene rings is 1. The van der Waals surface area contributed by atoms with Crippen molar-refractivity contribution < 1.29 is 18.0 Å². The molecule has 1 N–H and O–H groups in total. The number of hydrogen-bond donors (Lipinski definition) is 1. The zero-order valence-electron chi connectivity index (χ0n) is 17.0. The lowest BCUT2D eigenvalue weighted by molar-refractivity contribution is -0.137. The molecule has 3 heterocycles. The third kappa shape index (κ3) is 4.55. The van der Waals surface area contributed by atoms with Crippen LogP contribution in [0, 0.1) is 6.92 Å². The Morgan fingerprint density at radius 2 is 1.77 bits per heavy atom. The van der Waals surface area contributed by atoms with Crippen LogP contribution in [-0.2, 0) is 12.7 Å². The Bertz CT molecular complexity index is 1050. The van der Waals surface area contributed by atoms with Gasteiger partial charge in [-0.15, -0.1) is 0 Å². The molecule has 9 heteroatoms. The molecule has 1 aliphatic rings. The highest BCUT2D eigenvalue weighted by Crippen LogP contribution is 2.29. The first-order chi connectivity index (χ1) is 14.8. The predicted molar refractivity (Wildman–Crippen MR) is 110 cm³/mol. The van der Waals surface area contributed by atoms with E-state index in [0.29, 0.717) is 17.8 Å². The first-order valence-electron chi connectivity index (χ1n) is 10.0. The van der Waals surface area contributed by atoms with Gasteiger partial charge in [-0.25, -0.2) is 9.67 Å². The van der Waals surface area contributed by atoms with Crippen LogP contribution in [0.3, 0.4) is 0 Å². The fraction of sp³-hybridized carbons (Fsp3) is 0.318. The number of anilines is 1. The van der Waals surface area contributed by atoms with Gasteiger partial charge in [0.1, 0.15) is 0 Å². The van der Waals surface area contributed by atoms with Crippen molar-refractivity contribution in [1.29, 1.82) is 0 Å². The van der Waals surface area contributed by atoms with Crippen molar-refractivity contribution in [2.75, 3.05) is 18.0 Å². The number of nitrogens with one attached hydrogen (secondary N) is 1. The van der Waals surface area contributed by atoms with E-state index in [-0.39, 0.29) is 11.7 Å². The van der Waals surface area contributed by atoms with Gasteiger partial charge in [0.25, 0.3) is 5.91 Å². The molecule has 0 atom stereocenters. The third-order valence-electron chi connectivity index (χ3n) is 5.41. The number of carbonyl (C=O) groups is 1. The van der Waals surface area contributed by atoms with Crippen LogP contribution in [0.25, 0.3) is 5.82 Å². The van der Waals surface area contributed by atoms with E-state index in [1.54, 1.807) is 6.92 Å². The van der Waals surface area contributed by atoms with Crippen LogP contribution in [-0.4, -0.2) is 33.8 Å². The minimum Gasteiger partial charge on any atom is -0.372 e. The first-order valence-corrected chi connectivity index (χ1v) is 10.0. The highest BCUT2D eigenvalue weighted by molar-refractivity contribution is 5.95. The van der Waals surface area contributed by atoms with Crippen LogP contribution in [0.15, 0.2) is 48.8 Å². The lowest BCUT2D eigenvalue weighted by Gasteiger charge is -2.17. The predicted octanol–water partition coefficient (Wildman–Crippen LogP) is 4.12. The van der Waals surface area contributed by atoms with E-state index in [1.165, 1.54) is 35.5 Å². The molecule has 1 aromatic carbocycles. The van der Waals surface area contributed by atoms with E-state index in [1.807, 2.05) is 12.1 Å². The number of alkyl halides is 3. The molecule has 0 spiro atoms. The first kappa shape index (κ1) is 20.9. The molecule has 6 nitrogen and oxygen atoms in total. The van der Waals surface area contributed by atoms with Crippen LogP contribution in [0.1, 0.15) is 40.0 Å². The number of halogens is 3. The Morgan fingerprint density at radius 3 is 2.39 bits per heavy atom. The van der Waals surface area contributed by atoms with Crippen molar-refractivity contribution in [3.8, 4) is 5.82 Å². The van der Waals surface area contributed by atoms with E-state index >= 15 is 0 Å². The monoisotopic (exact) mass is 429 g/mol. The molecule has 1 aliphatic heterocycles. The third-order valence-corrected chi connectivity index (χ3v) is 5.41. The maximum atomic E-state index is 12.7. The zero-order valence-corrected chi connectivity index (χ0v) is 17.0. The fourth-order valence-electron chi connectivity index (χ4n) is 3.62. The molecule has 1 fully saturated rings. The maximum absolute atomic E-state index is 12.7. The Labute approximate surface area is 177 Å². The molecular formula is C22H22F3N5O. The average Bonchev–Trinajstić information content (AvgIpc) is 3.42. The lowest BCUT2D eigenvalue weighted by atomic mass is 10.2. The summed E-state index contributed by atoms with van der Waals surface area (Å²) in [5, 5.41) is 6.98. The summed E-state index contributed by atoms with van der Waals surface area (Å²) in [5.74, 6) is -0.0960. The van der Waals surface area contributed by atoms with Gasteiger partial charge in [-0.05, 0) is 49.6 Å². The number of aromatic nitrogens is 3. The minimum absolute atomic E-state index is 0.210. The van der Waals surface area contributed by atoms with Crippen molar-refractivity contribution in [1.82, 2.24) is 20.1 Å². The number of pyridine rings is 1. The van der Waals surface area contributed by atoms with Gasteiger partial charge in [0.05, 0.1) is 23.0 Å². The van der Waals surface area contributed by atoms with E-state index in [9.17, 15) is 18.0 Å². The van der Waals surface area contributed by atoms with Crippen LogP contribution >= 0.6 is 0 Å². The van der Waals surface area contributed by atoms with Gasteiger partial charge in [-0.2, -0.15) is 18.3 Å². The molecule has 1 saturated heterocycles. The van der Waals surface area contributed by atoms with E-state index in [2.05, 4.69) is 32.4 Å². The smallest absolute Gasteiger partial charge is 0.372 e. The number of nitrogens with zero attached hydrogens (tertiary/aromatic N) is 4. The summed E-state index contributed by atoms with van der Waals surface area (Å²) >= 11 is 0.